The molecule has 0 fully saturated rings. The molecule has 0 unspecified atom stereocenters. The number of aromatic nitrogens is 2. The Kier molecular flexibility index (Phi) is 4.06. The van der Waals surface area contributed by atoms with Gasteiger partial charge in [0.15, 0.2) is 0 Å². The molecule has 1 heterocycles. The zero-order chi connectivity index (χ0) is 12.1. The number of para-hydroxylation sites is 1. The van der Waals surface area contributed by atoms with E-state index in [2.05, 4.69) is 22.4 Å². The monoisotopic (exact) mass is 249 g/mol. The summed E-state index contributed by atoms with van der Waals surface area (Å²) in [5.74, 6) is 0. The molecule has 4 nitrogen and oxygen atoms in total. The minimum Gasteiger partial charge on any atom is -0.392 e. The first-order valence-electron chi connectivity index (χ1n) is 5.57. The predicted octanol–water partition coefficient (Wildman–Crippen LogP) is 2.20. The second kappa shape index (κ2) is 5.75. The van der Waals surface area contributed by atoms with E-state index in [0.29, 0.717) is 6.54 Å². The minimum atomic E-state index is 0.0412. The lowest BCUT2D eigenvalue weighted by Crippen LogP contribution is -2.02. The Morgan fingerprint density at radius 3 is 2.71 bits per heavy atom. The Balaban J connectivity index is 2.01. The maximum Gasteiger partial charge on any atom is 0.136 e. The average molecular weight is 249 g/mol. The maximum absolute atomic E-state index is 9.19. The lowest BCUT2D eigenvalue weighted by atomic mass is 10.2. The van der Waals surface area contributed by atoms with Crippen molar-refractivity contribution in [1.82, 2.24) is 10.2 Å². The van der Waals surface area contributed by atoms with Crippen LogP contribution in [0.25, 0.3) is 0 Å². The van der Waals surface area contributed by atoms with E-state index in [0.717, 1.165) is 27.7 Å². The van der Waals surface area contributed by atoms with Crippen molar-refractivity contribution in [3.63, 3.8) is 0 Å². The van der Waals surface area contributed by atoms with Crippen molar-refractivity contribution < 1.29 is 5.11 Å². The summed E-state index contributed by atoms with van der Waals surface area (Å²) in [6.07, 6.45) is 0.922. The fourth-order valence-electron chi connectivity index (χ4n) is 1.50. The van der Waals surface area contributed by atoms with Crippen LogP contribution in [0.3, 0.4) is 0 Å². The number of aliphatic hydroxyl groups is 1. The first kappa shape index (κ1) is 12.0. The highest BCUT2D eigenvalue weighted by molar-refractivity contribution is 7.11. The van der Waals surface area contributed by atoms with E-state index < -0.39 is 0 Å². The lowest BCUT2D eigenvalue weighted by molar-refractivity contribution is 0.282. The molecule has 0 aliphatic carbocycles. The highest BCUT2D eigenvalue weighted by Gasteiger charge is 2.04. The molecule has 0 atom stereocenters. The molecule has 2 N–H and O–H groups in total. The van der Waals surface area contributed by atoms with Crippen LogP contribution in [0.5, 0.6) is 0 Å². The molecule has 0 aliphatic heterocycles. The van der Waals surface area contributed by atoms with Gasteiger partial charge in [0.25, 0.3) is 0 Å². The highest BCUT2D eigenvalue weighted by atomic mass is 32.1. The van der Waals surface area contributed by atoms with Gasteiger partial charge in [-0.1, -0.05) is 36.5 Å². The summed E-state index contributed by atoms with van der Waals surface area (Å²) in [5.41, 5.74) is 1.84. The topological polar surface area (TPSA) is 58.0 Å². The molecule has 1 aromatic carbocycles. The van der Waals surface area contributed by atoms with Crippen LogP contribution in [0.4, 0.5) is 5.69 Å². The standard InChI is InChI=1S/C12H15N3OS/c1-2-11-14-15-12(17-11)7-13-10-6-4-3-5-9(10)8-16/h3-6,13,16H,2,7-8H2,1H3. The molecular formula is C12H15N3OS. The molecule has 1 aromatic heterocycles. The Morgan fingerprint density at radius 2 is 2.00 bits per heavy atom. The average Bonchev–Trinajstić information content (AvgIpc) is 2.84. The fourth-order valence-corrected chi connectivity index (χ4v) is 2.23. The molecule has 0 bridgehead atoms. The molecular weight excluding hydrogens is 234 g/mol. The number of aryl methyl sites for hydroxylation is 1. The summed E-state index contributed by atoms with van der Waals surface area (Å²) in [5, 5.41) is 22.6. The largest absolute Gasteiger partial charge is 0.392 e. The number of nitrogens with zero attached hydrogens (tertiary/aromatic N) is 2. The number of aliphatic hydroxyl groups excluding tert-OH is 1. The summed E-state index contributed by atoms with van der Waals surface area (Å²) in [4.78, 5) is 0. The lowest BCUT2D eigenvalue weighted by Gasteiger charge is -2.08. The summed E-state index contributed by atoms with van der Waals surface area (Å²) in [7, 11) is 0. The normalized spacial score (nSPS) is 10.5. The zero-order valence-electron chi connectivity index (χ0n) is 9.68. The van der Waals surface area contributed by atoms with Gasteiger partial charge >= 0.3 is 0 Å². The van der Waals surface area contributed by atoms with Gasteiger partial charge in [-0.25, -0.2) is 0 Å². The zero-order valence-corrected chi connectivity index (χ0v) is 10.5. The van der Waals surface area contributed by atoms with Crippen molar-refractivity contribution >= 4 is 17.0 Å². The molecule has 90 valence electrons. The molecule has 0 radical (unpaired) electrons. The predicted molar refractivity (Wildman–Crippen MR) is 69.0 cm³/mol. The summed E-state index contributed by atoms with van der Waals surface area (Å²) >= 11 is 1.62. The van der Waals surface area contributed by atoms with E-state index in [-0.39, 0.29) is 6.61 Å². The van der Waals surface area contributed by atoms with E-state index in [1.54, 1.807) is 11.3 Å². The van der Waals surface area contributed by atoms with E-state index in [4.69, 9.17) is 0 Å². The molecule has 2 rings (SSSR count). The van der Waals surface area contributed by atoms with Crippen LogP contribution < -0.4 is 5.32 Å². The Morgan fingerprint density at radius 1 is 1.24 bits per heavy atom. The van der Waals surface area contributed by atoms with E-state index in [9.17, 15) is 5.11 Å². The third kappa shape index (κ3) is 3.01. The van der Waals surface area contributed by atoms with Gasteiger partial charge in [-0.05, 0) is 12.5 Å². The van der Waals surface area contributed by atoms with Gasteiger partial charge in [-0.2, -0.15) is 0 Å². The van der Waals surface area contributed by atoms with Crippen LogP contribution in [-0.2, 0) is 19.6 Å². The second-order valence-corrected chi connectivity index (χ2v) is 4.76. The number of nitrogens with one attached hydrogen (secondary N) is 1. The molecule has 0 saturated heterocycles. The third-order valence-electron chi connectivity index (χ3n) is 2.43. The first-order valence-corrected chi connectivity index (χ1v) is 6.39. The number of rotatable bonds is 5. The van der Waals surface area contributed by atoms with Crippen molar-refractivity contribution in [2.45, 2.75) is 26.5 Å². The molecule has 0 amide bonds. The third-order valence-corrected chi connectivity index (χ3v) is 3.50. The van der Waals surface area contributed by atoms with Crippen molar-refractivity contribution in [3.05, 3.63) is 39.8 Å². The van der Waals surface area contributed by atoms with Crippen molar-refractivity contribution in [3.8, 4) is 0 Å². The van der Waals surface area contributed by atoms with E-state index in [1.807, 2.05) is 24.3 Å². The summed E-state index contributed by atoms with van der Waals surface area (Å²) in [6.45, 7) is 2.76. The Labute approximate surface area is 104 Å². The second-order valence-electron chi connectivity index (χ2n) is 3.61. The van der Waals surface area contributed by atoms with Gasteiger partial charge in [0.2, 0.25) is 0 Å². The van der Waals surface area contributed by atoms with Crippen LogP contribution in [0.15, 0.2) is 24.3 Å². The van der Waals surface area contributed by atoms with Crippen LogP contribution in [0.2, 0.25) is 0 Å². The Bertz CT molecular complexity index is 484. The highest BCUT2D eigenvalue weighted by Crippen LogP contribution is 2.17. The molecule has 17 heavy (non-hydrogen) atoms. The van der Waals surface area contributed by atoms with Gasteiger partial charge in [0, 0.05) is 11.3 Å². The molecule has 0 aliphatic rings. The smallest absolute Gasteiger partial charge is 0.136 e. The van der Waals surface area contributed by atoms with Gasteiger partial charge < -0.3 is 10.4 Å². The quantitative estimate of drug-likeness (QED) is 0.853. The van der Waals surface area contributed by atoms with Crippen molar-refractivity contribution in [2.24, 2.45) is 0 Å². The molecule has 5 heteroatoms. The number of benzene rings is 1. The number of hydrogen-bond acceptors (Lipinski definition) is 5. The van der Waals surface area contributed by atoms with Crippen molar-refractivity contribution in [1.29, 1.82) is 0 Å². The molecule has 0 saturated carbocycles. The van der Waals surface area contributed by atoms with Gasteiger partial charge in [-0.15, -0.1) is 10.2 Å². The van der Waals surface area contributed by atoms with Crippen LogP contribution >= 0.6 is 11.3 Å². The van der Waals surface area contributed by atoms with E-state index >= 15 is 0 Å². The fraction of sp³-hybridized carbons (Fsp3) is 0.333. The summed E-state index contributed by atoms with van der Waals surface area (Å²) in [6, 6.07) is 7.71. The first-order chi connectivity index (χ1) is 8.33. The van der Waals surface area contributed by atoms with Crippen LogP contribution in [0, 0.1) is 0 Å². The van der Waals surface area contributed by atoms with Gasteiger partial charge in [0.05, 0.1) is 13.2 Å². The van der Waals surface area contributed by atoms with Crippen LogP contribution in [0.1, 0.15) is 22.5 Å². The van der Waals surface area contributed by atoms with Gasteiger partial charge in [-0.3, -0.25) is 0 Å². The number of hydrogen-bond donors (Lipinski definition) is 2. The SMILES string of the molecule is CCc1nnc(CNc2ccccc2CO)s1. The summed E-state index contributed by atoms with van der Waals surface area (Å²) < 4.78 is 0. The molecule has 2 aromatic rings. The maximum atomic E-state index is 9.19. The van der Waals surface area contributed by atoms with Crippen LogP contribution in [-0.4, -0.2) is 15.3 Å². The Hall–Kier alpha value is -1.46. The van der Waals surface area contributed by atoms with Crippen molar-refractivity contribution in [2.75, 3.05) is 5.32 Å². The molecule has 0 spiro atoms. The van der Waals surface area contributed by atoms with E-state index in [1.165, 1.54) is 0 Å². The number of anilines is 1. The van der Waals surface area contributed by atoms with Gasteiger partial charge in [0.1, 0.15) is 10.0 Å². The minimum absolute atomic E-state index is 0.0412.